The summed E-state index contributed by atoms with van der Waals surface area (Å²) in [4.78, 5) is 30.5. The van der Waals surface area contributed by atoms with Gasteiger partial charge in [0.1, 0.15) is 22.9 Å². The number of nitrogens with zero attached hydrogens (tertiary/aromatic N) is 3. The van der Waals surface area contributed by atoms with Crippen molar-refractivity contribution in [3.8, 4) is 23.4 Å². The van der Waals surface area contributed by atoms with Crippen LogP contribution < -0.4 is 20.3 Å². The molecule has 2 aromatic heterocycles. The molecule has 2 aromatic carbocycles. The zero-order valence-electron chi connectivity index (χ0n) is 19.0. The monoisotopic (exact) mass is 466 g/mol. The zero-order valence-corrected chi connectivity index (χ0v) is 19.0. The Kier molecular flexibility index (Phi) is 7.19. The van der Waals surface area contributed by atoms with Crippen LogP contribution in [-0.2, 0) is 11.2 Å². The lowest BCUT2D eigenvalue weighted by Gasteiger charge is -2.12. The summed E-state index contributed by atoms with van der Waals surface area (Å²) in [7, 11) is 1.50. The van der Waals surface area contributed by atoms with Gasteiger partial charge in [-0.05, 0) is 42.3 Å². The molecule has 0 aliphatic carbocycles. The highest BCUT2D eigenvalue weighted by Gasteiger charge is 2.18. The van der Waals surface area contributed by atoms with Crippen molar-refractivity contribution in [2.75, 3.05) is 13.7 Å². The van der Waals surface area contributed by atoms with Crippen molar-refractivity contribution < 1.29 is 14.3 Å². The summed E-state index contributed by atoms with van der Waals surface area (Å²) in [5.41, 5.74) is 0.655. The fourth-order valence-corrected chi connectivity index (χ4v) is 3.44. The van der Waals surface area contributed by atoms with E-state index in [0.29, 0.717) is 30.1 Å². The minimum absolute atomic E-state index is 0.0330. The number of hydrogen-bond donors (Lipinski definition) is 1. The number of nitrogens with one attached hydrogen (secondary N) is 1. The van der Waals surface area contributed by atoms with Gasteiger partial charge in [0.05, 0.1) is 7.11 Å². The van der Waals surface area contributed by atoms with E-state index >= 15 is 0 Å². The molecule has 8 heteroatoms. The summed E-state index contributed by atoms with van der Waals surface area (Å²) < 4.78 is 12.6. The fraction of sp³-hybridized carbons (Fsp3) is 0.111. The maximum Gasteiger partial charge on any atom is 0.269 e. The van der Waals surface area contributed by atoms with Gasteiger partial charge in [-0.15, -0.1) is 0 Å². The van der Waals surface area contributed by atoms with Crippen molar-refractivity contribution in [1.29, 1.82) is 5.26 Å². The molecule has 8 nitrogen and oxygen atoms in total. The number of pyridine rings is 1. The molecule has 0 aliphatic heterocycles. The second-order valence-electron chi connectivity index (χ2n) is 7.48. The summed E-state index contributed by atoms with van der Waals surface area (Å²) in [5, 5.41) is 12.4. The Morgan fingerprint density at radius 3 is 2.51 bits per heavy atom. The van der Waals surface area contributed by atoms with Crippen molar-refractivity contribution in [1.82, 2.24) is 14.7 Å². The minimum Gasteiger partial charge on any atom is -0.493 e. The van der Waals surface area contributed by atoms with E-state index in [2.05, 4.69) is 10.3 Å². The van der Waals surface area contributed by atoms with Crippen LogP contribution in [0.25, 0.3) is 11.7 Å². The molecule has 0 aliphatic rings. The highest BCUT2D eigenvalue weighted by molar-refractivity contribution is 6.01. The Labute approximate surface area is 201 Å². The molecular weight excluding hydrogens is 444 g/mol. The Balaban J connectivity index is 1.69. The Bertz CT molecular complexity index is 1490. The van der Waals surface area contributed by atoms with Crippen molar-refractivity contribution in [2.45, 2.75) is 6.42 Å². The van der Waals surface area contributed by atoms with Crippen molar-refractivity contribution in [2.24, 2.45) is 0 Å². The highest BCUT2D eigenvalue weighted by atomic mass is 16.5. The maximum atomic E-state index is 13.3. The lowest BCUT2D eigenvalue weighted by Crippen LogP contribution is -2.27. The van der Waals surface area contributed by atoms with E-state index in [1.807, 2.05) is 36.4 Å². The lowest BCUT2D eigenvalue weighted by atomic mass is 10.1. The topological polar surface area (TPSA) is 106 Å². The third-order valence-electron chi connectivity index (χ3n) is 5.21. The molecule has 4 aromatic rings. The molecule has 0 spiro atoms. The molecule has 0 atom stereocenters. The smallest absolute Gasteiger partial charge is 0.269 e. The number of ether oxygens (including phenoxy) is 2. The van der Waals surface area contributed by atoms with Crippen LogP contribution in [-0.4, -0.2) is 28.9 Å². The predicted molar refractivity (Wildman–Crippen MR) is 131 cm³/mol. The zero-order chi connectivity index (χ0) is 24.6. The molecule has 0 radical (unpaired) electrons. The second-order valence-corrected chi connectivity index (χ2v) is 7.48. The first-order valence-corrected chi connectivity index (χ1v) is 10.9. The molecule has 0 bridgehead atoms. The molecule has 1 N–H and O–H groups in total. The Morgan fingerprint density at radius 2 is 1.77 bits per heavy atom. The Hall–Kier alpha value is -4.90. The van der Waals surface area contributed by atoms with E-state index < -0.39 is 11.5 Å². The summed E-state index contributed by atoms with van der Waals surface area (Å²) >= 11 is 0. The van der Waals surface area contributed by atoms with Gasteiger partial charge in [0, 0.05) is 12.7 Å². The predicted octanol–water partition coefficient (Wildman–Crippen LogP) is 3.76. The number of carbonyl (C=O) groups excluding carboxylic acids is 1. The number of amides is 1. The van der Waals surface area contributed by atoms with E-state index in [0.717, 1.165) is 5.56 Å². The highest BCUT2D eigenvalue weighted by Crippen LogP contribution is 2.31. The summed E-state index contributed by atoms with van der Waals surface area (Å²) in [6.45, 7) is 0.335. The first-order chi connectivity index (χ1) is 17.1. The number of nitriles is 1. The first-order valence-electron chi connectivity index (χ1n) is 10.9. The van der Waals surface area contributed by atoms with Gasteiger partial charge in [-0.25, -0.2) is 0 Å². The van der Waals surface area contributed by atoms with Gasteiger partial charge in [-0.1, -0.05) is 48.5 Å². The number of benzene rings is 2. The molecule has 35 heavy (non-hydrogen) atoms. The number of hydrogen-bond acceptors (Lipinski definition) is 6. The number of para-hydroxylation sites is 2. The van der Waals surface area contributed by atoms with Crippen LogP contribution in [0, 0.1) is 11.3 Å². The number of fused-ring (bicyclic) bond motifs is 1. The molecular formula is C27H22N4O4. The number of carbonyl (C=O) groups is 1. The molecule has 4 rings (SSSR count). The maximum absolute atomic E-state index is 13.3. The molecule has 1 amide bonds. The third-order valence-corrected chi connectivity index (χ3v) is 5.21. The molecule has 0 unspecified atom stereocenters. The van der Waals surface area contributed by atoms with E-state index in [9.17, 15) is 14.9 Å². The van der Waals surface area contributed by atoms with Crippen LogP contribution >= 0.6 is 0 Å². The van der Waals surface area contributed by atoms with Gasteiger partial charge in [0.25, 0.3) is 11.5 Å². The van der Waals surface area contributed by atoms with E-state index in [1.54, 1.807) is 48.7 Å². The van der Waals surface area contributed by atoms with Crippen LogP contribution in [0.3, 0.4) is 0 Å². The van der Waals surface area contributed by atoms with Crippen LogP contribution in [0.1, 0.15) is 11.1 Å². The van der Waals surface area contributed by atoms with Gasteiger partial charge < -0.3 is 14.8 Å². The quantitative estimate of drug-likeness (QED) is 0.313. The van der Waals surface area contributed by atoms with E-state index in [-0.39, 0.29) is 17.0 Å². The fourth-order valence-electron chi connectivity index (χ4n) is 3.44. The summed E-state index contributed by atoms with van der Waals surface area (Å²) in [6, 6.07) is 23.5. The van der Waals surface area contributed by atoms with Crippen LogP contribution in [0.15, 0.2) is 89.4 Å². The molecule has 0 saturated heterocycles. The second kappa shape index (κ2) is 10.8. The summed E-state index contributed by atoms with van der Waals surface area (Å²) in [5.74, 6) is 0.138. The SMILES string of the molecule is COc1ccccc1Oc1nc2ccccn2c(=O)c1/C=C(\C#N)C(=O)NCCc1ccccc1. The summed E-state index contributed by atoms with van der Waals surface area (Å²) in [6.07, 6.45) is 3.37. The van der Waals surface area contributed by atoms with Crippen molar-refractivity contribution in [3.05, 3.63) is 106 Å². The number of rotatable bonds is 8. The van der Waals surface area contributed by atoms with Crippen LogP contribution in [0.5, 0.6) is 17.4 Å². The van der Waals surface area contributed by atoms with Gasteiger partial charge in [0.15, 0.2) is 11.5 Å². The number of methoxy groups -OCH3 is 1. The van der Waals surface area contributed by atoms with Crippen LogP contribution in [0.4, 0.5) is 0 Å². The largest absolute Gasteiger partial charge is 0.493 e. The van der Waals surface area contributed by atoms with Crippen molar-refractivity contribution in [3.63, 3.8) is 0 Å². The Morgan fingerprint density at radius 1 is 1.06 bits per heavy atom. The first kappa shape index (κ1) is 23.3. The average molecular weight is 466 g/mol. The van der Waals surface area contributed by atoms with Gasteiger partial charge in [-0.3, -0.25) is 14.0 Å². The molecule has 2 heterocycles. The lowest BCUT2D eigenvalue weighted by molar-refractivity contribution is -0.117. The average Bonchev–Trinajstić information content (AvgIpc) is 2.89. The molecule has 0 saturated carbocycles. The standard InChI is InChI=1S/C27H22N4O4/c1-34-22-11-5-6-12-23(22)35-26-21(27(33)31-16-8-7-13-24(31)30-26)17-20(18-28)25(32)29-15-14-19-9-3-2-4-10-19/h2-13,16-17H,14-15H2,1H3,(H,29,32)/b20-17+. The van der Waals surface area contributed by atoms with E-state index in [4.69, 9.17) is 9.47 Å². The van der Waals surface area contributed by atoms with E-state index in [1.165, 1.54) is 17.6 Å². The van der Waals surface area contributed by atoms with Crippen LogP contribution in [0.2, 0.25) is 0 Å². The number of aromatic nitrogens is 2. The normalized spacial score (nSPS) is 11.0. The van der Waals surface area contributed by atoms with Gasteiger partial charge >= 0.3 is 0 Å². The third kappa shape index (κ3) is 5.37. The minimum atomic E-state index is -0.593. The van der Waals surface area contributed by atoms with Gasteiger partial charge in [-0.2, -0.15) is 10.2 Å². The van der Waals surface area contributed by atoms with Crippen molar-refractivity contribution >= 4 is 17.6 Å². The molecule has 0 fully saturated rings. The van der Waals surface area contributed by atoms with Gasteiger partial charge in [0.2, 0.25) is 5.88 Å². The molecule has 174 valence electrons.